The molecule has 1 heterocycles. The van der Waals surface area contributed by atoms with Gasteiger partial charge in [-0.25, -0.2) is 0 Å². The summed E-state index contributed by atoms with van der Waals surface area (Å²) in [5.74, 6) is 0.940. The van der Waals surface area contributed by atoms with Crippen LogP contribution in [0.3, 0.4) is 0 Å². The van der Waals surface area contributed by atoms with Gasteiger partial charge in [-0.15, -0.1) is 35.7 Å². The van der Waals surface area contributed by atoms with Gasteiger partial charge >= 0.3 is 0 Å². The molecule has 0 bridgehead atoms. The van der Waals surface area contributed by atoms with Crippen LogP contribution in [0.25, 0.3) is 0 Å². The van der Waals surface area contributed by atoms with E-state index in [2.05, 4.69) is 62.3 Å². The number of benzene rings is 1. The van der Waals surface area contributed by atoms with Gasteiger partial charge in [-0.3, -0.25) is 4.99 Å². The minimum atomic E-state index is -0.152. The molecule has 1 aromatic carbocycles. The smallest absolute Gasteiger partial charge is 0.193 e. The third-order valence-electron chi connectivity index (χ3n) is 3.67. The lowest BCUT2D eigenvalue weighted by Crippen LogP contribution is -2.47. The lowest BCUT2D eigenvalue weighted by molar-refractivity contribution is 0.108. The number of aliphatic hydroxyl groups excluding tert-OH is 1. The highest BCUT2D eigenvalue weighted by Gasteiger charge is 2.19. The fourth-order valence-corrected chi connectivity index (χ4v) is 3.62. The van der Waals surface area contributed by atoms with Crippen molar-refractivity contribution in [3.05, 3.63) is 28.7 Å². The number of piperidine rings is 1. The number of aliphatic hydroxyl groups is 1. The Hall–Kier alpha value is 0.01000. The van der Waals surface area contributed by atoms with Gasteiger partial charge < -0.3 is 15.3 Å². The predicted octanol–water partition coefficient (Wildman–Crippen LogP) is 3.58. The maximum absolute atomic E-state index is 9.59. The number of nitrogens with zero attached hydrogens (tertiary/aromatic N) is 2. The molecule has 0 aromatic heterocycles. The third-order valence-corrected chi connectivity index (χ3v) is 5.32. The monoisotopic (exact) mass is 513 g/mol. The molecule has 0 amide bonds. The van der Waals surface area contributed by atoms with Gasteiger partial charge in [0.15, 0.2) is 5.96 Å². The average Bonchev–Trinajstić information content (AvgIpc) is 2.52. The summed E-state index contributed by atoms with van der Waals surface area (Å²) in [6.07, 6.45) is 1.49. The Morgan fingerprint density at radius 1 is 1.39 bits per heavy atom. The summed E-state index contributed by atoms with van der Waals surface area (Å²) in [6.45, 7) is 4.82. The first kappa shape index (κ1) is 21.1. The van der Waals surface area contributed by atoms with Gasteiger partial charge in [0.05, 0.1) is 6.10 Å². The summed E-state index contributed by atoms with van der Waals surface area (Å²) in [5, 5.41) is 13.5. The third kappa shape index (κ3) is 7.19. The molecule has 1 atom stereocenters. The summed E-state index contributed by atoms with van der Waals surface area (Å²) in [4.78, 5) is 7.86. The van der Waals surface area contributed by atoms with Crippen LogP contribution >= 0.6 is 51.7 Å². The summed E-state index contributed by atoms with van der Waals surface area (Å²) in [7, 11) is 1.82. The highest BCUT2D eigenvalue weighted by molar-refractivity contribution is 14.0. The minimum Gasteiger partial charge on any atom is -0.393 e. The lowest BCUT2D eigenvalue weighted by atomic mass is 10.1. The van der Waals surface area contributed by atoms with E-state index in [1.807, 2.05) is 18.8 Å². The van der Waals surface area contributed by atoms with Crippen molar-refractivity contribution in [2.24, 2.45) is 4.99 Å². The zero-order valence-electron chi connectivity index (χ0n) is 13.5. The Bertz CT molecular complexity index is 493. The van der Waals surface area contributed by atoms with Crippen LogP contribution in [0.2, 0.25) is 0 Å². The molecule has 1 aromatic rings. The van der Waals surface area contributed by atoms with Crippen molar-refractivity contribution < 1.29 is 5.11 Å². The average molecular weight is 514 g/mol. The zero-order chi connectivity index (χ0) is 15.9. The molecular formula is C16H25BrIN3OS. The molecule has 23 heavy (non-hydrogen) atoms. The van der Waals surface area contributed by atoms with Gasteiger partial charge in [0.2, 0.25) is 0 Å². The van der Waals surface area contributed by atoms with E-state index in [0.717, 1.165) is 42.9 Å². The highest BCUT2D eigenvalue weighted by atomic mass is 127. The zero-order valence-corrected chi connectivity index (χ0v) is 18.3. The molecule has 1 aliphatic heterocycles. The standard InChI is InChI=1S/C16H24BrN3OS.HI/c1-12(22-15-5-3-13(17)4-6-15)11-19-16(18-2)20-9-7-14(21)8-10-20;/h3-6,12,14,21H,7-11H2,1-2H3,(H,18,19);1H. The van der Waals surface area contributed by atoms with E-state index < -0.39 is 0 Å². The van der Waals surface area contributed by atoms with E-state index >= 15 is 0 Å². The molecule has 1 fully saturated rings. The molecular weight excluding hydrogens is 489 g/mol. The van der Waals surface area contributed by atoms with Gasteiger partial charge in [0.25, 0.3) is 0 Å². The van der Waals surface area contributed by atoms with Gasteiger partial charge in [-0.2, -0.15) is 0 Å². The van der Waals surface area contributed by atoms with E-state index in [4.69, 9.17) is 0 Å². The van der Waals surface area contributed by atoms with Crippen molar-refractivity contribution in [2.45, 2.75) is 36.0 Å². The fourth-order valence-electron chi connectivity index (χ4n) is 2.43. The van der Waals surface area contributed by atoms with Gasteiger partial charge in [0.1, 0.15) is 0 Å². The van der Waals surface area contributed by atoms with E-state index in [9.17, 15) is 5.11 Å². The van der Waals surface area contributed by atoms with Crippen molar-refractivity contribution in [3.63, 3.8) is 0 Å². The molecule has 1 unspecified atom stereocenters. The topological polar surface area (TPSA) is 47.9 Å². The van der Waals surface area contributed by atoms with E-state index in [0.29, 0.717) is 5.25 Å². The predicted molar refractivity (Wildman–Crippen MR) is 113 cm³/mol. The van der Waals surface area contributed by atoms with E-state index in [-0.39, 0.29) is 30.1 Å². The molecule has 4 nitrogen and oxygen atoms in total. The summed E-state index contributed by atoms with van der Waals surface area (Å²) in [6, 6.07) is 8.40. The Balaban J connectivity index is 0.00000264. The van der Waals surface area contributed by atoms with Crippen molar-refractivity contribution in [1.82, 2.24) is 10.2 Å². The highest BCUT2D eigenvalue weighted by Crippen LogP contribution is 2.24. The van der Waals surface area contributed by atoms with Crippen LogP contribution in [-0.4, -0.2) is 54.0 Å². The molecule has 1 aliphatic rings. The Kier molecular flexibility index (Phi) is 9.87. The molecule has 0 saturated carbocycles. The van der Waals surface area contributed by atoms with Crippen molar-refractivity contribution in [2.75, 3.05) is 26.7 Å². The number of aliphatic imine (C=N–C) groups is 1. The quantitative estimate of drug-likeness (QED) is 0.279. The summed E-state index contributed by atoms with van der Waals surface area (Å²) in [5.41, 5.74) is 0. The number of likely N-dealkylation sites (tertiary alicyclic amines) is 1. The van der Waals surface area contributed by atoms with Gasteiger partial charge in [-0.05, 0) is 37.1 Å². The number of guanidine groups is 1. The number of nitrogens with one attached hydrogen (secondary N) is 1. The first-order chi connectivity index (χ1) is 10.6. The fraction of sp³-hybridized carbons (Fsp3) is 0.562. The molecule has 2 N–H and O–H groups in total. The van der Waals surface area contributed by atoms with Gasteiger partial charge in [-0.1, -0.05) is 22.9 Å². The number of thioether (sulfide) groups is 1. The van der Waals surface area contributed by atoms with Gasteiger partial charge in [0, 0.05) is 41.3 Å². The molecule has 7 heteroatoms. The molecule has 1 saturated heterocycles. The second-order valence-electron chi connectivity index (χ2n) is 5.53. The Morgan fingerprint density at radius 3 is 2.57 bits per heavy atom. The number of hydrogen-bond acceptors (Lipinski definition) is 3. The number of hydrogen-bond donors (Lipinski definition) is 2. The number of halogens is 2. The van der Waals surface area contributed by atoms with Crippen LogP contribution in [-0.2, 0) is 0 Å². The first-order valence-corrected chi connectivity index (χ1v) is 9.31. The first-order valence-electron chi connectivity index (χ1n) is 7.64. The second-order valence-corrected chi connectivity index (χ2v) is 7.96. The van der Waals surface area contributed by atoms with Crippen molar-refractivity contribution in [1.29, 1.82) is 0 Å². The Labute approximate surface area is 168 Å². The van der Waals surface area contributed by atoms with E-state index in [1.54, 1.807) is 0 Å². The summed E-state index contributed by atoms with van der Waals surface area (Å²) >= 11 is 5.31. The van der Waals surface area contributed by atoms with Crippen molar-refractivity contribution >= 4 is 57.6 Å². The normalized spacial score (nSPS) is 17.6. The second kappa shape index (κ2) is 10.8. The SMILES string of the molecule is CN=C(NCC(C)Sc1ccc(Br)cc1)N1CCC(O)CC1.I. The maximum Gasteiger partial charge on any atom is 0.193 e. The molecule has 130 valence electrons. The molecule has 0 aliphatic carbocycles. The van der Waals surface area contributed by atoms with Crippen LogP contribution < -0.4 is 5.32 Å². The Morgan fingerprint density at radius 2 is 2.00 bits per heavy atom. The van der Waals surface area contributed by atoms with Crippen LogP contribution in [0.4, 0.5) is 0 Å². The van der Waals surface area contributed by atoms with Crippen LogP contribution in [0.5, 0.6) is 0 Å². The summed E-state index contributed by atoms with van der Waals surface area (Å²) < 4.78 is 1.11. The van der Waals surface area contributed by atoms with Crippen LogP contribution in [0, 0.1) is 0 Å². The maximum atomic E-state index is 9.59. The number of rotatable bonds is 4. The lowest BCUT2D eigenvalue weighted by Gasteiger charge is -2.32. The molecule has 0 radical (unpaired) electrons. The van der Waals surface area contributed by atoms with Crippen LogP contribution in [0.15, 0.2) is 38.6 Å². The minimum absolute atomic E-state index is 0. The van der Waals surface area contributed by atoms with Crippen LogP contribution in [0.1, 0.15) is 19.8 Å². The van der Waals surface area contributed by atoms with E-state index in [1.165, 1.54) is 4.90 Å². The molecule has 2 rings (SSSR count). The molecule has 0 spiro atoms. The van der Waals surface area contributed by atoms with Crippen molar-refractivity contribution in [3.8, 4) is 0 Å². The largest absolute Gasteiger partial charge is 0.393 e.